The predicted molar refractivity (Wildman–Crippen MR) is 151 cm³/mol. The van der Waals surface area contributed by atoms with Crippen molar-refractivity contribution in [1.82, 2.24) is 4.98 Å². The first-order valence-corrected chi connectivity index (χ1v) is 14.1. The van der Waals surface area contributed by atoms with Gasteiger partial charge in [-0.2, -0.15) is 0 Å². The van der Waals surface area contributed by atoms with Crippen molar-refractivity contribution in [1.29, 1.82) is 0 Å². The molecule has 0 fully saturated rings. The fourth-order valence-electron chi connectivity index (χ4n) is 4.82. The maximum Gasteiger partial charge on any atom is 0.0880 e. The molecule has 0 aliphatic heterocycles. The second-order valence-electron chi connectivity index (χ2n) is 10.4. The van der Waals surface area contributed by atoms with Gasteiger partial charge < -0.3 is 0 Å². The van der Waals surface area contributed by atoms with Crippen molar-refractivity contribution in [3.05, 3.63) is 64.5 Å². The number of hydrogen-bond donors (Lipinski definition) is 0. The van der Waals surface area contributed by atoms with Crippen molar-refractivity contribution >= 4 is 74.4 Å². The Labute approximate surface area is 206 Å². The molecule has 0 spiro atoms. The standard InChI is InChI=1S/C29H27NS3/c1-16(2)12-20-14-17-6-7-23-24(27(17)32-20)21-8-10-30-25(28(21)33-23)19-13-18-9-11-31-26(18)22(15-19)29(3,4)5/h6-11,13-16H,12H2,1-5H3. The van der Waals surface area contributed by atoms with Crippen LogP contribution < -0.4 is 0 Å². The summed E-state index contributed by atoms with van der Waals surface area (Å²) in [5.74, 6) is 0.674. The molecule has 0 unspecified atom stereocenters. The van der Waals surface area contributed by atoms with Gasteiger partial charge in [-0.1, -0.05) is 40.7 Å². The number of fused-ring (bicyclic) bond motifs is 6. The lowest BCUT2D eigenvalue weighted by atomic mass is 9.85. The normalized spacial score (nSPS) is 12.8. The van der Waals surface area contributed by atoms with Gasteiger partial charge in [0, 0.05) is 41.5 Å². The van der Waals surface area contributed by atoms with Crippen LogP contribution in [0.4, 0.5) is 0 Å². The second-order valence-corrected chi connectivity index (χ2v) is 13.5. The van der Waals surface area contributed by atoms with E-state index in [1.165, 1.54) is 56.3 Å². The minimum Gasteiger partial charge on any atom is -0.255 e. The van der Waals surface area contributed by atoms with Gasteiger partial charge in [-0.15, -0.1) is 34.0 Å². The SMILES string of the molecule is CC(C)Cc1cc2ccc3sc4c(-c5cc(C(C)(C)C)c6sccc6c5)nccc4c3c2s1. The zero-order chi connectivity index (χ0) is 22.9. The third-order valence-electron chi connectivity index (χ3n) is 6.33. The summed E-state index contributed by atoms with van der Waals surface area (Å²) in [5.41, 5.74) is 3.83. The van der Waals surface area contributed by atoms with Crippen molar-refractivity contribution in [2.24, 2.45) is 5.92 Å². The van der Waals surface area contributed by atoms with Crippen LogP contribution in [0, 0.1) is 5.92 Å². The number of pyridine rings is 1. The molecule has 0 atom stereocenters. The topological polar surface area (TPSA) is 12.9 Å². The fraction of sp³-hybridized carbons (Fsp3) is 0.276. The highest BCUT2D eigenvalue weighted by Gasteiger charge is 2.21. The quantitative estimate of drug-likeness (QED) is 0.243. The minimum absolute atomic E-state index is 0.0864. The molecule has 0 aliphatic rings. The summed E-state index contributed by atoms with van der Waals surface area (Å²) >= 11 is 5.70. The highest BCUT2D eigenvalue weighted by molar-refractivity contribution is 7.28. The smallest absolute Gasteiger partial charge is 0.0880 e. The molecule has 0 radical (unpaired) electrons. The maximum atomic E-state index is 4.93. The molecule has 0 saturated carbocycles. The Morgan fingerprint density at radius 1 is 0.879 bits per heavy atom. The molecule has 0 N–H and O–H groups in total. The van der Waals surface area contributed by atoms with Crippen LogP contribution in [0.25, 0.3) is 51.6 Å². The molecule has 4 aromatic heterocycles. The summed E-state index contributed by atoms with van der Waals surface area (Å²) < 4.78 is 5.48. The van der Waals surface area contributed by atoms with E-state index in [4.69, 9.17) is 4.98 Å². The number of benzene rings is 2. The Hall–Kier alpha value is -2.27. The van der Waals surface area contributed by atoms with Crippen molar-refractivity contribution in [2.45, 2.75) is 46.5 Å². The van der Waals surface area contributed by atoms with Crippen LogP contribution in [-0.4, -0.2) is 4.98 Å². The Kier molecular flexibility index (Phi) is 4.92. The molecular formula is C29H27NS3. The maximum absolute atomic E-state index is 4.93. The predicted octanol–water partition coefficient (Wildman–Crippen LogP) is 10.0. The van der Waals surface area contributed by atoms with Gasteiger partial charge in [-0.05, 0) is 75.9 Å². The van der Waals surface area contributed by atoms with Crippen LogP contribution in [0.2, 0.25) is 0 Å². The molecule has 0 bridgehead atoms. The Morgan fingerprint density at radius 3 is 2.48 bits per heavy atom. The highest BCUT2D eigenvalue weighted by atomic mass is 32.1. The molecule has 166 valence electrons. The molecule has 6 aromatic rings. The van der Waals surface area contributed by atoms with Gasteiger partial charge in [-0.25, -0.2) is 0 Å². The first kappa shape index (κ1) is 21.3. The van der Waals surface area contributed by atoms with Crippen molar-refractivity contribution in [3.8, 4) is 11.3 Å². The molecule has 0 saturated heterocycles. The Bertz CT molecular complexity index is 1650. The lowest BCUT2D eigenvalue weighted by molar-refractivity contribution is 0.597. The summed E-state index contributed by atoms with van der Waals surface area (Å²) in [5, 5.41) is 7.65. The van der Waals surface area contributed by atoms with Crippen LogP contribution >= 0.6 is 34.0 Å². The summed E-state index contributed by atoms with van der Waals surface area (Å²) in [6.07, 6.45) is 3.14. The number of rotatable bonds is 3. The average Bonchev–Trinajstić information content (AvgIpc) is 3.46. The fourth-order valence-corrected chi connectivity index (χ4v) is 8.64. The molecule has 4 heterocycles. The first-order valence-electron chi connectivity index (χ1n) is 11.5. The molecular weight excluding hydrogens is 459 g/mol. The minimum atomic E-state index is 0.0864. The molecule has 2 aromatic carbocycles. The van der Waals surface area contributed by atoms with Crippen LogP contribution in [0.1, 0.15) is 45.1 Å². The van der Waals surface area contributed by atoms with Crippen molar-refractivity contribution < 1.29 is 0 Å². The van der Waals surface area contributed by atoms with E-state index >= 15 is 0 Å². The van der Waals surface area contributed by atoms with Gasteiger partial charge in [0.1, 0.15) is 0 Å². The van der Waals surface area contributed by atoms with Gasteiger partial charge in [-0.3, -0.25) is 4.98 Å². The largest absolute Gasteiger partial charge is 0.255 e. The molecule has 6 rings (SSSR count). The number of thiophene rings is 3. The summed E-state index contributed by atoms with van der Waals surface area (Å²) in [4.78, 5) is 6.41. The molecule has 33 heavy (non-hydrogen) atoms. The van der Waals surface area contributed by atoms with Crippen molar-refractivity contribution in [3.63, 3.8) is 0 Å². The van der Waals surface area contributed by atoms with Gasteiger partial charge in [0.15, 0.2) is 0 Å². The van der Waals surface area contributed by atoms with Crippen LogP contribution in [0.3, 0.4) is 0 Å². The second kappa shape index (κ2) is 7.63. The van der Waals surface area contributed by atoms with E-state index in [1.807, 2.05) is 40.2 Å². The van der Waals surface area contributed by atoms with Crippen LogP contribution in [-0.2, 0) is 11.8 Å². The monoisotopic (exact) mass is 485 g/mol. The lowest BCUT2D eigenvalue weighted by Crippen LogP contribution is -2.11. The molecule has 4 heteroatoms. The first-order chi connectivity index (χ1) is 15.8. The molecule has 0 amide bonds. The third-order valence-corrected chi connectivity index (χ3v) is 9.66. The highest BCUT2D eigenvalue weighted by Crippen LogP contribution is 2.45. The van der Waals surface area contributed by atoms with Crippen LogP contribution in [0.5, 0.6) is 0 Å². The van der Waals surface area contributed by atoms with Gasteiger partial charge in [0.25, 0.3) is 0 Å². The molecule has 0 aliphatic carbocycles. The Morgan fingerprint density at radius 2 is 1.70 bits per heavy atom. The molecule has 1 nitrogen and oxygen atoms in total. The average molecular weight is 486 g/mol. The third kappa shape index (κ3) is 3.51. The number of hydrogen-bond acceptors (Lipinski definition) is 4. The lowest BCUT2D eigenvalue weighted by Gasteiger charge is -2.21. The summed E-state index contributed by atoms with van der Waals surface area (Å²) in [7, 11) is 0. The van der Waals surface area contributed by atoms with E-state index in [-0.39, 0.29) is 5.41 Å². The Balaban J connectivity index is 1.63. The zero-order valence-corrected chi connectivity index (χ0v) is 22.1. The van der Waals surface area contributed by atoms with Gasteiger partial charge >= 0.3 is 0 Å². The van der Waals surface area contributed by atoms with E-state index in [0.29, 0.717) is 5.92 Å². The summed E-state index contributed by atoms with van der Waals surface area (Å²) in [6.45, 7) is 11.5. The van der Waals surface area contributed by atoms with E-state index < -0.39 is 0 Å². The van der Waals surface area contributed by atoms with E-state index in [9.17, 15) is 0 Å². The van der Waals surface area contributed by atoms with Gasteiger partial charge in [0.2, 0.25) is 0 Å². The van der Waals surface area contributed by atoms with E-state index in [2.05, 4.69) is 82.5 Å². The number of aromatic nitrogens is 1. The van der Waals surface area contributed by atoms with Crippen molar-refractivity contribution in [2.75, 3.05) is 0 Å². The van der Waals surface area contributed by atoms with E-state index in [1.54, 1.807) is 0 Å². The van der Waals surface area contributed by atoms with Gasteiger partial charge in [0.05, 0.1) is 10.4 Å². The zero-order valence-electron chi connectivity index (χ0n) is 19.7. The van der Waals surface area contributed by atoms with Crippen LogP contribution in [0.15, 0.2) is 54.0 Å². The summed E-state index contributed by atoms with van der Waals surface area (Å²) in [6, 6.07) is 16.2. The number of nitrogens with zero attached hydrogens (tertiary/aromatic N) is 1. The van der Waals surface area contributed by atoms with E-state index in [0.717, 1.165) is 12.1 Å².